The van der Waals surface area contributed by atoms with Crippen molar-refractivity contribution in [1.82, 2.24) is 9.78 Å². The highest BCUT2D eigenvalue weighted by molar-refractivity contribution is 6.30. The number of carboxylic acid groups (broad SMARTS) is 1. The number of aromatic carboxylic acids is 1. The van der Waals surface area contributed by atoms with Gasteiger partial charge < -0.3 is 5.11 Å². The fraction of sp³-hybridized carbons (Fsp3) is 0.0909. The van der Waals surface area contributed by atoms with E-state index in [1.807, 2.05) is 0 Å². The van der Waals surface area contributed by atoms with Crippen molar-refractivity contribution >= 4 is 17.6 Å². The lowest BCUT2D eigenvalue weighted by molar-refractivity contribution is 0.0687. The molecule has 0 unspecified atom stereocenters. The average Bonchev–Trinajstić information content (AvgIpc) is 2.61. The Labute approximate surface area is 97.1 Å². The number of nitrogens with zero attached hydrogens (tertiary/aromatic N) is 2. The highest BCUT2D eigenvalue weighted by Gasteiger charge is 2.13. The van der Waals surface area contributed by atoms with E-state index in [1.54, 1.807) is 31.2 Å². The normalized spacial score (nSPS) is 10.4. The van der Waals surface area contributed by atoms with E-state index in [1.165, 1.54) is 10.7 Å². The summed E-state index contributed by atoms with van der Waals surface area (Å²) in [5, 5.41) is 13.7. The zero-order valence-electron chi connectivity index (χ0n) is 8.51. The minimum atomic E-state index is -1.00. The molecule has 0 amide bonds. The van der Waals surface area contributed by atoms with Crippen molar-refractivity contribution in [3.05, 3.63) is 46.7 Å². The first-order valence-corrected chi connectivity index (χ1v) is 5.01. The van der Waals surface area contributed by atoms with Gasteiger partial charge in [-0.1, -0.05) is 11.6 Å². The van der Waals surface area contributed by atoms with E-state index in [9.17, 15) is 4.79 Å². The topological polar surface area (TPSA) is 55.1 Å². The largest absolute Gasteiger partial charge is 0.477 e. The molecule has 0 fully saturated rings. The molecule has 2 aromatic rings. The van der Waals surface area contributed by atoms with Crippen LogP contribution in [0.1, 0.15) is 16.2 Å². The Morgan fingerprint density at radius 1 is 1.38 bits per heavy atom. The van der Waals surface area contributed by atoms with Gasteiger partial charge in [-0.3, -0.25) is 0 Å². The predicted octanol–water partition coefficient (Wildman–Crippen LogP) is 2.53. The summed E-state index contributed by atoms with van der Waals surface area (Å²) in [6.45, 7) is 1.75. The third-order valence-corrected chi connectivity index (χ3v) is 2.37. The number of aromatic nitrogens is 2. The summed E-state index contributed by atoms with van der Waals surface area (Å²) in [7, 11) is 0. The molecule has 0 radical (unpaired) electrons. The number of benzene rings is 1. The summed E-state index contributed by atoms with van der Waals surface area (Å²) >= 11 is 5.76. The fourth-order valence-electron chi connectivity index (χ4n) is 1.43. The van der Waals surface area contributed by atoms with Gasteiger partial charge in [0.25, 0.3) is 0 Å². The van der Waals surface area contributed by atoms with Gasteiger partial charge in [-0.2, -0.15) is 5.10 Å². The molecule has 0 saturated carbocycles. The molecular formula is C11H9ClN2O2. The molecule has 1 aromatic carbocycles. The second kappa shape index (κ2) is 3.98. The molecule has 0 aliphatic rings. The van der Waals surface area contributed by atoms with Gasteiger partial charge in [-0.25, -0.2) is 9.48 Å². The van der Waals surface area contributed by atoms with Crippen LogP contribution in [-0.4, -0.2) is 20.9 Å². The molecule has 0 saturated heterocycles. The van der Waals surface area contributed by atoms with Crippen molar-refractivity contribution in [2.24, 2.45) is 0 Å². The van der Waals surface area contributed by atoms with Crippen LogP contribution in [0.2, 0.25) is 5.02 Å². The van der Waals surface area contributed by atoms with Crippen LogP contribution < -0.4 is 0 Å². The standard InChI is InChI=1S/C11H9ClN2O2/c1-7-6-10(11(15)16)14(13-7)9-4-2-8(12)3-5-9/h2-6H,1H3,(H,15,16). The number of hydrogen-bond donors (Lipinski definition) is 1. The number of rotatable bonds is 2. The van der Waals surface area contributed by atoms with Crippen molar-refractivity contribution in [1.29, 1.82) is 0 Å². The Kier molecular flexibility index (Phi) is 2.66. The maximum atomic E-state index is 11.0. The van der Waals surface area contributed by atoms with Gasteiger partial charge in [0, 0.05) is 5.02 Å². The van der Waals surface area contributed by atoms with Crippen molar-refractivity contribution in [2.45, 2.75) is 6.92 Å². The zero-order valence-corrected chi connectivity index (χ0v) is 9.27. The molecule has 2 rings (SSSR count). The fourth-order valence-corrected chi connectivity index (χ4v) is 1.56. The second-order valence-electron chi connectivity index (χ2n) is 3.36. The highest BCUT2D eigenvalue weighted by Crippen LogP contribution is 2.15. The monoisotopic (exact) mass is 236 g/mol. The summed E-state index contributed by atoms with van der Waals surface area (Å²) < 4.78 is 1.38. The van der Waals surface area contributed by atoms with Gasteiger partial charge in [0.15, 0.2) is 5.69 Å². The molecule has 0 spiro atoms. The maximum absolute atomic E-state index is 11.0. The Morgan fingerprint density at radius 3 is 2.56 bits per heavy atom. The quantitative estimate of drug-likeness (QED) is 0.872. The first kappa shape index (κ1) is 10.7. The van der Waals surface area contributed by atoms with Crippen molar-refractivity contribution < 1.29 is 9.90 Å². The summed E-state index contributed by atoms with van der Waals surface area (Å²) in [6.07, 6.45) is 0. The van der Waals surface area contributed by atoms with Gasteiger partial charge in [-0.05, 0) is 37.3 Å². The number of carbonyl (C=O) groups is 1. The molecule has 5 heteroatoms. The van der Waals surface area contributed by atoms with Gasteiger partial charge in [0.05, 0.1) is 11.4 Å². The minimum Gasteiger partial charge on any atom is -0.477 e. The molecule has 0 aliphatic carbocycles. The minimum absolute atomic E-state index is 0.139. The Morgan fingerprint density at radius 2 is 2.00 bits per heavy atom. The Hall–Kier alpha value is -1.81. The molecule has 82 valence electrons. The third-order valence-electron chi connectivity index (χ3n) is 2.12. The second-order valence-corrected chi connectivity index (χ2v) is 3.80. The van der Waals surface area contributed by atoms with Gasteiger partial charge in [0.1, 0.15) is 0 Å². The Balaban J connectivity index is 2.55. The number of aryl methyl sites for hydroxylation is 1. The molecule has 4 nitrogen and oxygen atoms in total. The van der Waals surface area contributed by atoms with E-state index in [2.05, 4.69) is 5.10 Å². The van der Waals surface area contributed by atoms with Crippen LogP contribution in [0.3, 0.4) is 0 Å². The van der Waals surface area contributed by atoms with Gasteiger partial charge in [0.2, 0.25) is 0 Å². The lowest BCUT2D eigenvalue weighted by atomic mass is 10.3. The van der Waals surface area contributed by atoms with E-state index < -0.39 is 5.97 Å². The van der Waals surface area contributed by atoms with Crippen LogP contribution in [0.4, 0.5) is 0 Å². The molecule has 16 heavy (non-hydrogen) atoms. The lowest BCUT2D eigenvalue weighted by Gasteiger charge is -2.03. The average molecular weight is 237 g/mol. The van der Waals surface area contributed by atoms with E-state index in [4.69, 9.17) is 16.7 Å². The summed E-state index contributed by atoms with van der Waals surface area (Å²) in [5.41, 5.74) is 1.47. The van der Waals surface area contributed by atoms with Crippen LogP contribution in [0.5, 0.6) is 0 Å². The Bertz CT molecular complexity index is 531. The van der Waals surface area contributed by atoms with E-state index in [0.29, 0.717) is 16.4 Å². The SMILES string of the molecule is Cc1cc(C(=O)O)n(-c2ccc(Cl)cc2)n1. The summed E-state index contributed by atoms with van der Waals surface area (Å²) in [4.78, 5) is 11.0. The van der Waals surface area contributed by atoms with Crippen LogP contribution in [0.25, 0.3) is 5.69 Å². The molecule has 1 heterocycles. The van der Waals surface area contributed by atoms with E-state index in [-0.39, 0.29) is 5.69 Å². The molecule has 0 aliphatic heterocycles. The van der Waals surface area contributed by atoms with Gasteiger partial charge in [-0.15, -0.1) is 0 Å². The van der Waals surface area contributed by atoms with Crippen LogP contribution in [0, 0.1) is 6.92 Å². The number of carboxylic acids is 1. The molecule has 1 aromatic heterocycles. The number of halogens is 1. The van der Waals surface area contributed by atoms with E-state index >= 15 is 0 Å². The molecule has 0 bridgehead atoms. The third kappa shape index (κ3) is 1.92. The first-order valence-electron chi connectivity index (χ1n) is 4.64. The predicted molar refractivity (Wildman–Crippen MR) is 60.3 cm³/mol. The molecular weight excluding hydrogens is 228 g/mol. The summed E-state index contributed by atoms with van der Waals surface area (Å²) in [5.74, 6) is -1.00. The van der Waals surface area contributed by atoms with Crippen molar-refractivity contribution in [3.63, 3.8) is 0 Å². The smallest absolute Gasteiger partial charge is 0.354 e. The van der Waals surface area contributed by atoms with Crippen LogP contribution >= 0.6 is 11.6 Å². The van der Waals surface area contributed by atoms with E-state index in [0.717, 1.165) is 0 Å². The summed E-state index contributed by atoms with van der Waals surface area (Å²) in [6, 6.07) is 8.36. The first-order chi connectivity index (χ1) is 7.58. The number of hydrogen-bond acceptors (Lipinski definition) is 2. The zero-order chi connectivity index (χ0) is 11.7. The molecule has 1 N–H and O–H groups in total. The van der Waals surface area contributed by atoms with Crippen molar-refractivity contribution in [3.8, 4) is 5.69 Å². The lowest BCUT2D eigenvalue weighted by Crippen LogP contribution is -2.07. The van der Waals surface area contributed by atoms with Gasteiger partial charge >= 0.3 is 5.97 Å². The van der Waals surface area contributed by atoms with Crippen LogP contribution in [0.15, 0.2) is 30.3 Å². The van der Waals surface area contributed by atoms with Crippen LogP contribution in [-0.2, 0) is 0 Å². The van der Waals surface area contributed by atoms with Crippen molar-refractivity contribution in [2.75, 3.05) is 0 Å². The highest BCUT2D eigenvalue weighted by atomic mass is 35.5. The molecule has 0 atom stereocenters. The maximum Gasteiger partial charge on any atom is 0.354 e.